The second-order valence-corrected chi connectivity index (χ2v) is 5.74. The SMILES string of the molecule is CC(C)(NC(=O)C1CCN(c2cnccn2)CC1)C(=O)O. The van der Waals surface area contributed by atoms with Crippen molar-refractivity contribution < 1.29 is 14.7 Å². The van der Waals surface area contributed by atoms with Gasteiger partial charge in [0.2, 0.25) is 5.91 Å². The molecule has 0 radical (unpaired) electrons. The van der Waals surface area contributed by atoms with Gasteiger partial charge in [-0.1, -0.05) is 0 Å². The fraction of sp³-hybridized carbons (Fsp3) is 0.571. The average molecular weight is 292 g/mol. The Bertz CT molecular complexity index is 510. The Morgan fingerprint density at radius 2 is 2.00 bits per heavy atom. The maximum atomic E-state index is 12.1. The van der Waals surface area contributed by atoms with Gasteiger partial charge in [-0.15, -0.1) is 0 Å². The van der Waals surface area contributed by atoms with Crippen LogP contribution in [0.5, 0.6) is 0 Å². The fourth-order valence-electron chi connectivity index (χ4n) is 2.29. The van der Waals surface area contributed by atoms with E-state index in [-0.39, 0.29) is 11.8 Å². The van der Waals surface area contributed by atoms with E-state index in [9.17, 15) is 9.59 Å². The van der Waals surface area contributed by atoms with Crippen molar-refractivity contribution in [1.29, 1.82) is 0 Å². The highest BCUT2D eigenvalue weighted by atomic mass is 16.4. The number of aromatic nitrogens is 2. The molecule has 0 atom stereocenters. The number of amides is 1. The van der Waals surface area contributed by atoms with E-state index in [1.54, 1.807) is 18.6 Å². The third-order valence-electron chi connectivity index (χ3n) is 3.71. The van der Waals surface area contributed by atoms with Crippen LogP contribution in [0, 0.1) is 5.92 Å². The third kappa shape index (κ3) is 3.68. The summed E-state index contributed by atoms with van der Waals surface area (Å²) < 4.78 is 0. The number of carboxylic acid groups (broad SMARTS) is 1. The van der Waals surface area contributed by atoms with Gasteiger partial charge < -0.3 is 15.3 Å². The van der Waals surface area contributed by atoms with Crippen LogP contribution in [0.15, 0.2) is 18.6 Å². The summed E-state index contributed by atoms with van der Waals surface area (Å²) in [6.45, 7) is 4.40. The van der Waals surface area contributed by atoms with Gasteiger partial charge in [-0.05, 0) is 26.7 Å². The number of rotatable bonds is 4. The molecule has 0 bridgehead atoms. The van der Waals surface area contributed by atoms with Crippen molar-refractivity contribution in [2.24, 2.45) is 5.92 Å². The Labute approximate surface area is 123 Å². The summed E-state index contributed by atoms with van der Waals surface area (Å²) in [6, 6.07) is 0. The molecule has 0 aliphatic carbocycles. The smallest absolute Gasteiger partial charge is 0.328 e. The predicted molar refractivity (Wildman–Crippen MR) is 76.8 cm³/mol. The largest absolute Gasteiger partial charge is 0.480 e. The predicted octanol–water partition coefficient (Wildman–Crippen LogP) is 0.672. The van der Waals surface area contributed by atoms with Gasteiger partial charge >= 0.3 is 5.97 Å². The summed E-state index contributed by atoms with van der Waals surface area (Å²) >= 11 is 0. The van der Waals surface area contributed by atoms with Gasteiger partial charge in [-0.2, -0.15) is 0 Å². The first kappa shape index (κ1) is 15.2. The van der Waals surface area contributed by atoms with E-state index in [0.29, 0.717) is 25.9 Å². The second kappa shape index (κ2) is 6.07. The monoisotopic (exact) mass is 292 g/mol. The Balaban J connectivity index is 1.89. The lowest BCUT2D eigenvalue weighted by molar-refractivity contribution is -0.146. The average Bonchev–Trinajstić information content (AvgIpc) is 2.48. The molecule has 1 aromatic heterocycles. The summed E-state index contributed by atoms with van der Waals surface area (Å²) in [4.78, 5) is 33.5. The number of hydrogen-bond acceptors (Lipinski definition) is 5. The molecular weight excluding hydrogens is 272 g/mol. The van der Waals surface area contributed by atoms with Crippen molar-refractivity contribution in [3.63, 3.8) is 0 Å². The topological polar surface area (TPSA) is 95.4 Å². The van der Waals surface area contributed by atoms with Crippen molar-refractivity contribution in [2.45, 2.75) is 32.2 Å². The lowest BCUT2D eigenvalue weighted by Crippen LogP contribution is -2.52. The number of nitrogens with one attached hydrogen (secondary N) is 1. The maximum absolute atomic E-state index is 12.1. The molecule has 2 rings (SSSR count). The van der Waals surface area contributed by atoms with Gasteiger partial charge in [0.05, 0.1) is 6.20 Å². The molecule has 0 unspecified atom stereocenters. The van der Waals surface area contributed by atoms with Gasteiger partial charge in [-0.25, -0.2) is 9.78 Å². The van der Waals surface area contributed by atoms with E-state index in [1.807, 2.05) is 0 Å². The molecule has 1 amide bonds. The summed E-state index contributed by atoms with van der Waals surface area (Å²) in [6.07, 6.45) is 6.32. The van der Waals surface area contributed by atoms with Crippen LogP contribution in [0.1, 0.15) is 26.7 Å². The minimum Gasteiger partial charge on any atom is -0.480 e. The molecular formula is C14H20N4O3. The van der Waals surface area contributed by atoms with Gasteiger partial charge in [-0.3, -0.25) is 9.78 Å². The van der Waals surface area contributed by atoms with Crippen molar-refractivity contribution in [3.05, 3.63) is 18.6 Å². The standard InChI is InChI=1S/C14H20N4O3/c1-14(2,13(20)21)17-12(19)10-3-7-18(8-4-10)11-9-15-5-6-16-11/h5-6,9-10H,3-4,7-8H2,1-2H3,(H,17,19)(H,20,21). The van der Waals surface area contributed by atoms with Crippen LogP contribution in [0.25, 0.3) is 0 Å². The zero-order valence-corrected chi connectivity index (χ0v) is 12.2. The number of hydrogen-bond donors (Lipinski definition) is 2. The van der Waals surface area contributed by atoms with Crippen LogP contribution in [0.3, 0.4) is 0 Å². The van der Waals surface area contributed by atoms with Crippen LogP contribution in [-0.2, 0) is 9.59 Å². The highest BCUT2D eigenvalue weighted by molar-refractivity contribution is 5.87. The highest BCUT2D eigenvalue weighted by Crippen LogP contribution is 2.21. The van der Waals surface area contributed by atoms with E-state index in [0.717, 1.165) is 5.82 Å². The molecule has 0 saturated carbocycles. The fourth-order valence-corrected chi connectivity index (χ4v) is 2.29. The summed E-state index contributed by atoms with van der Waals surface area (Å²) in [7, 11) is 0. The minimum absolute atomic E-state index is 0.156. The minimum atomic E-state index is -1.24. The lowest BCUT2D eigenvalue weighted by Gasteiger charge is -2.33. The van der Waals surface area contributed by atoms with Crippen LogP contribution in [0.2, 0.25) is 0 Å². The number of carboxylic acids is 1. The second-order valence-electron chi connectivity index (χ2n) is 5.74. The van der Waals surface area contributed by atoms with Crippen molar-refractivity contribution >= 4 is 17.7 Å². The van der Waals surface area contributed by atoms with Crippen LogP contribution < -0.4 is 10.2 Å². The van der Waals surface area contributed by atoms with E-state index >= 15 is 0 Å². The van der Waals surface area contributed by atoms with Gasteiger partial charge in [0.15, 0.2) is 0 Å². The molecule has 7 heteroatoms. The lowest BCUT2D eigenvalue weighted by atomic mass is 9.94. The van der Waals surface area contributed by atoms with Crippen molar-refractivity contribution in [1.82, 2.24) is 15.3 Å². The first-order chi connectivity index (χ1) is 9.90. The Kier molecular flexibility index (Phi) is 4.40. The molecule has 1 aromatic rings. The molecule has 2 heterocycles. The molecule has 2 N–H and O–H groups in total. The summed E-state index contributed by atoms with van der Waals surface area (Å²) in [5.41, 5.74) is -1.24. The third-order valence-corrected chi connectivity index (χ3v) is 3.71. The molecule has 1 fully saturated rings. The number of carbonyl (C=O) groups is 2. The Morgan fingerprint density at radius 1 is 1.33 bits per heavy atom. The molecule has 21 heavy (non-hydrogen) atoms. The zero-order valence-electron chi connectivity index (χ0n) is 12.2. The van der Waals surface area contributed by atoms with E-state index in [4.69, 9.17) is 5.11 Å². The van der Waals surface area contributed by atoms with Crippen LogP contribution >= 0.6 is 0 Å². The zero-order chi connectivity index (χ0) is 15.5. The normalized spacial score (nSPS) is 16.6. The molecule has 1 aliphatic rings. The number of nitrogens with zero attached hydrogens (tertiary/aromatic N) is 3. The van der Waals surface area contributed by atoms with Gasteiger partial charge in [0.1, 0.15) is 11.4 Å². The molecule has 7 nitrogen and oxygen atoms in total. The summed E-state index contributed by atoms with van der Waals surface area (Å²) in [5.74, 6) is -0.576. The van der Waals surface area contributed by atoms with Crippen molar-refractivity contribution in [3.8, 4) is 0 Å². The maximum Gasteiger partial charge on any atom is 0.328 e. The molecule has 0 spiro atoms. The molecule has 114 valence electrons. The number of carbonyl (C=O) groups excluding carboxylic acids is 1. The molecule has 1 aliphatic heterocycles. The van der Waals surface area contributed by atoms with Gasteiger partial charge in [0, 0.05) is 31.4 Å². The van der Waals surface area contributed by atoms with E-state index < -0.39 is 11.5 Å². The molecule has 1 saturated heterocycles. The van der Waals surface area contributed by atoms with E-state index in [1.165, 1.54) is 13.8 Å². The Morgan fingerprint density at radius 3 is 2.52 bits per heavy atom. The molecule has 0 aromatic carbocycles. The highest BCUT2D eigenvalue weighted by Gasteiger charge is 2.33. The first-order valence-corrected chi connectivity index (χ1v) is 6.96. The van der Waals surface area contributed by atoms with E-state index in [2.05, 4.69) is 20.2 Å². The summed E-state index contributed by atoms with van der Waals surface area (Å²) in [5, 5.41) is 11.6. The number of aliphatic carboxylic acids is 1. The van der Waals surface area contributed by atoms with Crippen LogP contribution in [-0.4, -0.2) is 45.6 Å². The van der Waals surface area contributed by atoms with Gasteiger partial charge in [0.25, 0.3) is 0 Å². The quantitative estimate of drug-likeness (QED) is 0.847. The number of piperidine rings is 1. The van der Waals surface area contributed by atoms with Crippen molar-refractivity contribution in [2.75, 3.05) is 18.0 Å². The first-order valence-electron chi connectivity index (χ1n) is 6.96. The number of anilines is 1. The van der Waals surface area contributed by atoms with Crippen LogP contribution in [0.4, 0.5) is 5.82 Å². The Hall–Kier alpha value is -2.18.